The molecule has 0 radical (unpaired) electrons. The van der Waals surface area contributed by atoms with Gasteiger partial charge in [0.1, 0.15) is 11.5 Å². The number of carboxylic acids is 1. The Kier molecular flexibility index (Phi) is 6.06. The van der Waals surface area contributed by atoms with Crippen LogP contribution in [0.2, 0.25) is 0 Å². The fourth-order valence-corrected chi connectivity index (χ4v) is 6.18. The molecule has 0 unspecified atom stereocenters. The van der Waals surface area contributed by atoms with Crippen molar-refractivity contribution >= 4 is 39.1 Å². The van der Waals surface area contributed by atoms with Crippen LogP contribution in [0.3, 0.4) is 0 Å². The quantitative estimate of drug-likeness (QED) is 0.466. The first-order chi connectivity index (χ1) is 16.8. The zero-order chi connectivity index (χ0) is 24.6. The lowest BCUT2D eigenvalue weighted by molar-refractivity contribution is -0.137. The average molecular weight is 492 g/mol. The van der Waals surface area contributed by atoms with Gasteiger partial charge in [0.15, 0.2) is 9.84 Å². The lowest BCUT2D eigenvalue weighted by Gasteiger charge is -2.11. The fraction of sp³-hybridized carbons (Fsp3) is 0.259. The highest BCUT2D eigenvalue weighted by molar-refractivity contribution is 7.90. The number of nitrogens with one attached hydrogen (secondary N) is 1. The van der Waals surface area contributed by atoms with E-state index in [-0.39, 0.29) is 23.0 Å². The number of amides is 1. The number of carboxylic acid groups (broad SMARTS) is 1. The maximum atomic E-state index is 13.2. The third kappa shape index (κ3) is 4.66. The third-order valence-corrected chi connectivity index (χ3v) is 8.18. The smallest absolute Gasteiger partial charge is 0.303 e. The number of hydrogen-bond donors (Lipinski definition) is 2. The number of carbonyl (C=O) groups excluding carboxylic acids is 1. The number of aliphatic carboxylic acids is 1. The first kappa shape index (κ1) is 23.1. The molecule has 2 N–H and O–H groups in total. The highest BCUT2D eigenvalue weighted by Gasteiger charge is 2.30. The Labute approximate surface area is 203 Å². The normalized spacial score (nSPS) is 16.1. The molecule has 2 aliphatic rings. The van der Waals surface area contributed by atoms with Gasteiger partial charge >= 0.3 is 5.97 Å². The monoisotopic (exact) mass is 491 g/mol. The summed E-state index contributed by atoms with van der Waals surface area (Å²) in [6.07, 6.45) is 5.37. The molecule has 0 saturated heterocycles. The molecule has 0 bridgehead atoms. The minimum atomic E-state index is -3.61. The first-order valence-corrected chi connectivity index (χ1v) is 13.3. The zero-order valence-electron chi connectivity index (χ0n) is 19.0. The van der Waals surface area contributed by atoms with E-state index < -0.39 is 15.8 Å². The average Bonchev–Trinajstić information content (AvgIpc) is 3.34. The second-order valence-corrected chi connectivity index (χ2v) is 10.9. The van der Waals surface area contributed by atoms with Gasteiger partial charge in [-0.2, -0.15) is 0 Å². The molecule has 0 fully saturated rings. The Morgan fingerprint density at radius 3 is 2.63 bits per heavy atom. The van der Waals surface area contributed by atoms with Gasteiger partial charge in [-0.25, -0.2) is 8.42 Å². The second-order valence-electron chi connectivity index (χ2n) is 8.91. The number of sulfone groups is 1. The number of anilines is 1. The third-order valence-electron chi connectivity index (χ3n) is 6.52. The van der Waals surface area contributed by atoms with Crippen molar-refractivity contribution in [2.24, 2.45) is 0 Å². The number of benzene rings is 2. The van der Waals surface area contributed by atoms with Crippen molar-refractivity contribution in [2.45, 2.75) is 49.2 Å². The highest BCUT2D eigenvalue weighted by atomic mass is 32.2. The molecule has 1 aromatic heterocycles. The van der Waals surface area contributed by atoms with Crippen LogP contribution in [0.25, 0.3) is 11.6 Å². The van der Waals surface area contributed by atoms with Crippen LogP contribution < -0.4 is 5.32 Å². The molecule has 180 valence electrons. The molecule has 3 aromatic rings. The zero-order valence-corrected chi connectivity index (χ0v) is 19.9. The standard InChI is InChI=1S/C27H25NO6S/c29-26(30)13-11-17-10-12-23-20(14-17)21(27(31)28-23)15-25-22(19-8-4-5-9-24(19)34-25)16-35(32,33)18-6-2-1-3-7-18/h1-3,6-7,10,12,14-15H,4-5,8-9,11,13,16H2,(H,28,31)(H,29,30). The van der Waals surface area contributed by atoms with Crippen molar-refractivity contribution < 1.29 is 27.5 Å². The number of hydrogen-bond acceptors (Lipinski definition) is 5. The Bertz CT molecular complexity index is 1450. The fourth-order valence-electron chi connectivity index (χ4n) is 4.74. The van der Waals surface area contributed by atoms with Gasteiger partial charge in [0, 0.05) is 29.7 Å². The summed E-state index contributed by atoms with van der Waals surface area (Å²) in [6.45, 7) is 0. The predicted molar refractivity (Wildman–Crippen MR) is 132 cm³/mol. The van der Waals surface area contributed by atoms with Crippen molar-refractivity contribution in [1.82, 2.24) is 0 Å². The summed E-state index contributed by atoms with van der Waals surface area (Å²) in [4.78, 5) is 24.1. The van der Waals surface area contributed by atoms with Crippen molar-refractivity contribution in [3.63, 3.8) is 0 Å². The van der Waals surface area contributed by atoms with E-state index in [9.17, 15) is 18.0 Å². The molecule has 2 aromatic carbocycles. The summed E-state index contributed by atoms with van der Waals surface area (Å²) in [5.74, 6) is -0.217. The van der Waals surface area contributed by atoms with E-state index in [2.05, 4.69) is 5.32 Å². The molecular weight excluding hydrogens is 466 g/mol. The minimum absolute atomic E-state index is 0.00833. The molecule has 1 aliphatic carbocycles. The van der Waals surface area contributed by atoms with Gasteiger partial charge in [-0.3, -0.25) is 9.59 Å². The maximum Gasteiger partial charge on any atom is 0.303 e. The summed E-state index contributed by atoms with van der Waals surface area (Å²) in [7, 11) is -3.61. The number of aryl methyl sites for hydroxylation is 2. The van der Waals surface area contributed by atoms with E-state index >= 15 is 0 Å². The lowest BCUT2D eigenvalue weighted by atomic mass is 9.94. The molecule has 2 heterocycles. The summed E-state index contributed by atoms with van der Waals surface area (Å²) in [5, 5.41) is 11.8. The predicted octanol–water partition coefficient (Wildman–Crippen LogP) is 4.64. The molecule has 0 saturated carbocycles. The van der Waals surface area contributed by atoms with E-state index in [4.69, 9.17) is 9.52 Å². The van der Waals surface area contributed by atoms with E-state index in [1.165, 1.54) is 0 Å². The Morgan fingerprint density at radius 2 is 1.86 bits per heavy atom. The molecule has 1 amide bonds. The number of furan rings is 1. The Morgan fingerprint density at radius 1 is 1.09 bits per heavy atom. The Balaban J connectivity index is 1.57. The van der Waals surface area contributed by atoms with Crippen molar-refractivity contribution in [2.75, 3.05) is 5.32 Å². The molecular formula is C27H25NO6S. The second kappa shape index (κ2) is 9.19. The van der Waals surface area contributed by atoms with E-state index in [0.717, 1.165) is 42.6 Å². The summed E-state index contributed by atoms with van der Waals surface area (Å²) >= 11 is 0. The van der Waals surface area contributed by atoms with Gasteiger partial charge in [0.05, 0.1) is 16.2 Å². The maximum absolute atomic E-state index is 13.2. The van der Waals surface area contributed by atoms with E-state index in [1.807, 2.05) is 6.07 Å². The van der Waals surface area contributed by atoms with Crippen LogP contribution in [0.1, 0.15) is 53.0 Å². The molecule has 0 atom stereocenters. The molecule has 0 spiro atoms. The summed E-state index contributed by atoms with van der Waals surface area (Å²) in [5.41, 5.74) is 4.01. The van der Waals surface area contributed by atoms with Crippen LogP contribution in [-0.4, -0.2) is 25.4 Å². The van der Waals surface area contributed by atoms with E-state index in [1.54, 1.807) is 48.5 Å². The molecule has 35 heavy (non-hydrogen) atoms. The topological polar surface area (TPSA) is 114 Å². The minimum Gasteiger partial charge on any atom is -0.481 e. The number of rotatable bonds is 7. The van der Waals surface area contributed by atoms with E-state index in [0.29, 0.717) is 34.6 Å². The molecule has 1 aliphatic heterocycles. The summed E-state index contributed by atoms with van der Waals surface area (Å²) < 4.78 is 32.6. The van der Waals surface area contributed by atoms with Crippen LogP contribution in [0.15, 0.2) is 57.8 Å². The first-order valence-electron chi connectivity index (χ1n) is 11.6. The molecule has 5 rings (SSSR count). The molecule has 8 heteroatoms. The van der Waals surface area contributed by atoms with Gasteiger partial charge in [-0.05, 0) is 67.2 Å². The Hall–Kier alpha value is -3.65. The lowest BCUT2D eigenvalue weighted by Crippen LogP contribution is -2.09. The van der Waals surface area contributed by atoms with Crippen molar-refractivity contribution in [3.8, 4) is 0 Å². The number of carbonyl (C=O) groups is 2. The van der Waals surface area contributed by atoms with Crippen molar-refractivity contribution in [1.29, 1.82) is 0 Å². The van der Waals surface area contributed by atoms with Gasteiger partial charge in [0.2, 0.25) is 0 Å². The van der Waals surface area contributed by atoms with Gasteiger partial charge in [-0.1, -0.05) is 24.3 Å². The molecule has 7 nitrogen and oxygen atoms in total. The van der Waals surface area contributed by atoms with Crippen LogP contribution in [0.4, 0.5) is 5.69 Å². The largest absolute Gasteiger partial charge is 0.481 e. The van der Waals surface area contributed by atoms with Crippen LogP contribution in [-0.2, 0) is 44.4 Å². The summed E-state index contributed by atoms with van der Waals surface area (Å²) in [6, 6.07) is 13.7. The van der Waals surface area contributed by atoms with Crippen LogP contribution in [0.5, 0.6) is 0 Å². The van der Waals surface area contributed by atoms with Gasteiger partial charge in [-0.15, -0.1) is 0 Å². The SMILES string of the molecule is O=C(O)CCc1ccc2c(c1)C(=Cc1oc3c(c1CS(=O)(=O)c1ccccc1)CCCC3)C(=O)N2. The van der Waals surface area contributed by atoms with Crippen LogP contribution in [0, 0.1) is 0 Å². The number of fused-ring (bicyclic) bond motifs is 2. The highest BCUT2D eigenvalue weighted by Crippen LogP contribution is 2.38. The van der Waals surface area contributed by atoms with Gasteiger partial charge < -0.3 is 14.8 Å². The van der Waals surface area contributed by atoms with Crippen LogP contribution >= 0.6 is 0 Å². The van der Waals surface area contributed by atoms with Gasteiger partial charge in [0.25, 0.3) is 5.91 Å². The van der Waals surface area contributed by atoms with Crippen molar-refractivity contribution in [3.05, 3.63) is 82.3 Å².